The standard InChI is InChI=1S/C22H22O9/c23-11-14-3-8-16(9-4-14)29-22-20(28)21(19(27)17(12-24)30-22)31-18(26)10-5-13-1-6-15(25)7-2-13/h1-11,17,19-22,24-25,27-28H,12H2. The van der Waals surface area contributed by atoms with Crippen LogP contribution in [0.15, 0.2) is 54.6 Å². The van der Waals surface area contributed by atoms with E-state index in [1.165, 1.54) is 42.5 Å². The highest BCUT2D eigenvalue weighted by Gasteiger charge is 2.47. The monoisotopic (exact) mass is 430 g/mol. The lowest BCUT2D eigenvalue weighted by atomic mass is 9.99. The van der Waals surface area contributed by atoms with Crippen molar-refractivity contribution in [2.75, 3.05) is 6.61 Å². The lowest BCUT2D eigenvalue weighted by Crippen LogP contribution is -2.61. The quantitative estimate of drug-likeness (QED) is 0.283. The van der Waals surface area contributed by atoms with Crippen molar-refractivity contribution in [1.82, 2.24) is 0 Å². The molecular formula is C22H22O9. The van der Waals surface area contributed by atoms with Crippen molar-refractivity contribution in [3.05, 3.63) is 65.7 Å². The van der Waals surface area contributed by atoms with Gasteiger partial charge >= 0.3 is 5.97 Å². The number of aliphatic hydroxyl groups excluding tert-OH is 3. The molecule has 164 valence electrons. The van der Waals surface area contributed by atoms with Gasteiger partial charge in [0.15, 0.2) is 12.2 Å². The number of carbonyl (C=O) groups excluding carboxylic acids is 2. The van der Waals surface area contributed by atoms with Crippen LogP contribution in [0.1, 0.15) is 15.9 Å². The minimum Gasteiger partial charge on any atom is -0.508 e. The number of phenols is 1. The highest BCUT2D eigenvalue weighted by molar-refractivity contribution is 5.87. The Balaban J connectivity index is 1.69. The number of aliphatic hydroxyl groups is 3. The van der Waals surface area contributed by atoms with Crippen molar-refractivity contribution >= 4 is 18.3 Å². The van der Waals surface area contributed by atoms with E-state index in [1.807, 2.05) is 0 Å². The molecule has 31 heavy (non-hydrogen) atoms. The van der Waals surface area contributed by atoms with Gasteiger partial charge in [0.05, 0.1) is 6.61 Å². The van der Waals surface area contributed by atoms with E-state index < -0.39 is 43.3 Å². The molecule has 4 N–H and O–H groups in total. The van der Waals surface area contributed by atoms with Crippen LogP contribution in [-0.2, 0) is 14.3 Å². The minimum atomic E-state index is -1.56. The highest BCUT2D eigenvalue weighted by Crippen LogP contribution is 2.26. The van der Waals surface area contributed by atoms with Crippen LogP contribution in [0.4, 0.5) is 0 Å². The Morgan fingerprint density at radius 1 is 1.00 bits per heavy atom. The molecular weight excluding hydrogens is 408 g/mol. The number of aldehydes is 1. The molecule has 3 rings (SSSR count). The normalized spacial score (nSPS) is 25.8. The fourth-order valence-corrected chi connectivity index (χ4v) is 2.97. The molecule has 0 aliphatic carbocycles. The zero-order chi connectivity index (χ0) is 22.4. The Kier molecular flexibility index (Phi) is 7.37. The highest BCUT2D eigenvalue weighted by atomic mass is 16.7. The maximum absolute atomic E-state index is 12.2. The molecule has 9 nitrogen and oxygen atoms in total. The fraction of sp³-hybridized carbons (Fsp3) is 0.273. The van der Waals surface area contributed by atoms with Gasteiger partial charge < -0.3 is 34.6 Å². The lowest BCUT2D eigenvalue weighted by Gasteiger charge is -2.41. The molecule has 0 radical (unpaired) electrons. The predicted molar refractivity (Wildman–Crippen MR) is 107 cm³/mol. The SMILES string of the molecule is O=Cc1ccc(OC2OC(CO)C(O)C(OC(=O)C=Cc3ccc(O)cc3)C2O)cc1. The first-order valence-electron chi connectivity index (χ1n) is 9.43. The van der Waals surface area contributed by atoms with Gasteiger partial charge in [-0.05, 0) is 48.0 Å². The Hall–Kier alpha value is -3.24. The van der Waals surface area contributed by atoms with Crippen LogP contribution < -0.4 is 4.74 Å². The first-order chi connectivity index (χ1) is 14.9. The van der Waals surface area contributed by atoms with Crippen LogP contribution in [0.5, 0.6) is 11.5 Å². The Labute approximate surface area is 177 Å². The molecule has 5 unspecified atom stereocenters. The zero-order valence-corrected chi connectivity index (χ0v) is 16.3. The summed E-state index contributed by atoms with van der Waals surface area (Å²) in [6.45, 7) is -0.602. The molecule has 2 aromatic rings. The van der Waals surface area contributed by atoms with Gasteiger partial charge in [-0.15, -0.1) is 0 Å². The second-order valence-electron chi connectivity index (χ2n) is 6.84. The summed E-state index contributed by atoms with van der Waals surface area (Å²) in [5, 5.41) is 39.7. The van der Waals surface area contributed by atoms with Gasteiger partial charge in [-0.3, -0.25) is 4.79 Å². The second-order valence-corrected chi connectivity index (χ2v) is 6.84. The third kappa shape index (κ3) is 5.68. The maximum Gasteiger partial charge on any atom is 0.331 e. The van der Waals surface area contributed by atoms with Crippen molar-refractivity contribution in [3.8, 4) is 11.5 Å². The van der Waals surface area contributed by atoms with Gasteiger partial charge in [0, 0.05) is 11.6 Å². The van der Waals surface area contributed by atoms with Crippen LogP contribution in [0.3, 0.4) is 0 Å². The molecule has 0 amide bonds. The van der Waals surface area contributed by atoms with E-state index in [-0.39, 0.29) is 11.5 Å². The van der Waals surface area contributed by atoms with Crippen molar-refractivity contribution < 1.29 is 44.2 Å². The van der Waals surface area contributed by atoms with Crippen molar-refractivity contribution in [2.45, 2.75) is 30.7 Å². The molecule has 2 aromatic carbocycles. The molecule has 1 saturated heterocycles. The number of esters is 1. The van der Waals surface area contributed by atoms with Gasteiger partial charge in [-0.25, -0.2) is 4.79 Å². The average molecular weight is 430 g/mol. The Morgan fingerprint density at radius 2 is 1.65 bits per heavy atom. The van der Waals surface area contributed by atoms with E-state index in [0.29, 0.717) is 17.4 Å². The molecule has 0 saturated carbocycles. The first kappa shape index (κ1) is 22.4. The lowest BCUT2D eigenvalue weighted by molar-refractivity contribution is -0.280. The van der Waals surface area contributed by atoms with Gasteiger partial charge in [0.25, 0.3) is 0 Å². The van der Waals surface area contributed by atoms with E-state index >= 15 is 0 Å². The number of ether oxygens (including phenoxy) is 3. The number of aromatic hydroxyl groups is 1. The van der Waals surface area contributed by atoms with Crippen molar-refractivity contribution in [2.24, 2.45) is 0 Å². The number of hydrogen-bond acceptors (Lipinski definition) is 9. The van der Waals surface area contributed by atoms with Crippen LogP contribution in [0, 0.1) is 0 Å². The molecule has 1 fully saturated rings. The molecule has 5 atom stereocenters. The average Bonchev–Trinajstić information content (AvgIpc) is 2.78. The van der Waals surface area contributed by atoms with Crippen LogP contribution >= 0.6 is 0 Å². The molecule has 1 aliphatic rings. The largest absolute Gasteiger partial charge is 0.508 e. The van der Waals surface area contributed by atoms with E-state index in [4.69, 9.17) is 14.2 Å². The third-order valence-corrected chi connectivity index (χ3v) is 4.65. The van der Waals surface area contributed by atoms with E-state index in [2.05, 4.69) is 0 Å². The summed E-state index contributed by atoms with van der Waals surface area (Å²) in [5.74, 6) is -0.501. The molecule has 0 bridgehead atoms. The Bertz CT molecular complexity index is 908. The number of benzene rings is 2. The van der Waals surface area contributed by atoms with Crippen LogP contribution in [0.25, 0.3) is 6.08 Å². The van der Waals surface area contributed by atoms with E-state index in [0.717, 1.165) is 6.08 Å². The number of phenolic OH excluding ortho intramolecular Hbond substituents is 1. The van der Waals surface area contributed by atoms with E-state index in [1.54, 1.807) is 12.1 Å². The third-order valence-electron chi connectivity index (χ3n) is 4.65. The Morgan fingerprint density at radius 3 is 2.26 bits per heavy atom. The van der Waals surface area contributed by atoms with E-state index in [9.17, 15) is 30.0 Å². The van der Waals surface area contributed by atoms with Gasteiger partial charge in [-0.1, -0.05) is 12.1 Å². The number of rotatable bonds is 7. The molecule has 9 heteroatoms. The molecule has 0 spiro atoms. The fourth-order valence-electron chi connectivity index (χ4n) is 2.97. The topological polar surface area (TPSA) is 143 Å². The van der Waals surface area contributed by atoms with Crippen LogP contribution in [-0.4, -0.2) is 70.0 Å². The molecule has 0 aromatic heterocycles. The summed E-state index contributed by atoms with van der Waals surface area (Å²) in [7, 11) is 0. The molecule has 1 aliphatic heterocycles. The maximum atomic E-state index is 12.2. The molecule has 1 heterocycles. The summed E-state index contributed by atoms with van der Waals surface area (Å²) in [4.78, 5) is 23.0. The van der Waals surface area contributed by atoms with Crippen molar-refractivity contribution in [3.63, 3.8) is 0 Å². The van der Waals surface area contributed by atoms with Crippen molar-refractivity contribution in [1.29, 1.82) is 0 Å². The predicted octanol–water partition coefficient (Wildman–Crippen LogP) is 0.648. The number of carbonyl (C=O) groups is 2. The first-order valence-corrected chi connectivity index (χ1v) is 9.43. The van der Waals surface area contributed by atoms with Gasteiger partial charge in [0.2, 0.25) is 6.29 Å². The summed E-state index contributed by atoms with van der Waals surface area (Å²) in [5.41, 5.74) is 1.05. The summed E-state index contributed by atoms with van der Waals surface area (Å²) < 4.78 is 16.2. The summed E-state index contributed by atoms with van der Waals surface area (Å²) >= 11 is 0. The number of hydrogen-bond donors (Lipinski definition) is 4. The zero-order valence-electron chi connectivity index (χ0n) is 16.3. The summed E-state index contributed by atoms with van der Waals surface area (Å²) in [6.07, 6.45) is -3.80. The smallest absolute Gasteiger partial charge is 0.331 e. The summed E-state index contributed by atoms with van der Waals surface area (Å²) in [6, 6.07) is 12.0. The second kappa shape index (κ2) is 10.2. The van der Waals surface area contributed by atoms with Gasteiger partial charge in [-0.2, -0.15) is 0 Å². The minimum absolute atomic E-state index is 0.0788. The van der Waals surface area contributed by atoms with Crippen LogP contribution in [0.2, 0.25) is 0 Å². The van der Waals surface area contributed by atoms with Gasteiger partial charge in [0.1, 0.15) is 30.0 Å².